The third-order valence-electron chi connectivity index (χ3n) is 6.15. The lowest BCUT2D eigenvalue weighted by atomic mass is 9.95. The Labute approximate surface area is 203 Å². The van der Waals surface area contributed by atoms with Crippen LogP contribution in [0.15, 0.2) is 53.7 Å². The second kappa shape index (κ2) is 12.9. The summed E-state index contributed by atoms with van der Waals surface area (Å²) in [6.45, 7) is 9.59. The van der Waals surface area contributed by atoms with Crippen LogP contribution in [0.5, 0.6) is 0 Å². The van der Waals surface area contributed by atoms with Gasteiger partial charge < -0.3 is 14.5 Å². The number of likely N-dealkylation sites (tertiary alicyclic amines) is 1. The van der Waals surface area contributed by atoms with Crippen molar-refractivity contribution in [3.63, 3.8) is 0 Å². The molecule has 0 spiro atoms. The molecule has 182 valence electrons. The minimum absolute atomic E-state index is 0.0355. The number of carbonyl (C=O) groups excluding carboxylic acids is 2. The van der Waals surface area contributed by atoms with Gasteiger partial charge >= 0.3 is 5.97 Å². The van der Waals surface area contributed by atoms with Gasteiger partial charge in [-0.25, -0.2) is 4.79 Å². The highest BCUT2D eigenvalue weighted by molar-refractivity contribution is 6.00. The number of carbonyl (C=O) groups is 2. The predicted octanol–water partition coefficient (Wildman–Crippen LogP) is 5.24. The van der Waals surface area contributed by atoms with E-state index in [1.807, 2.05) is 43.0 Å². The Hall–Kier alpha value is -3.15. The van der Waals surface area contributed by atoms with E-state index in [1.54, 1.807) is 0 Å². The van der Waals surface area contributed by atoms with Gasteiger partial charge in [-0.3, -0.25) is 4.79 Å². The molecule has 0 bridgehead atoms. The van der Waals surface area contributed by atoms with E-state index in [1.165, 1.54) is 6.42 Å². The maximum absolute atomic E-state index is 13.0. The molecule has 0 atom stereocenters. The normalized spacial score (nSPS) is 21.5. The first-order valence-electron chi connectivity index (χ1n) is 12.2. The highest BCUT2D eigenvalue weighted by Crippen LogP contribution is 2.21. The molecule has 1 aromatic rings. The average Bonchev–Trinajstić information content (AvgIpc) is 2.82. The van der Waals surface area contributed by atoms with E-state index >= 15 is 0 Å². The molecule has 6 nitrogen and oxygen atoms in total. The van der Waals surface area contributed by atoms with Crippen molar-refractivity contribution in [2.75, 3.05) is 26.3 Å². The van der Waals surface area contributed by atoms with Gasteiger partial charge in [-0.1, -0.05) is 47.7 Å². The second-order valence-electron chi connectivity index (χ2n) is 8.94. The molecule has 0 saturated carbocycles. The first-order valence-corrected chi connectivity index (χ1v) is 12.2. The lowest BCUT2D eigenvalue weighted by Crippen LogP contribution is -2.37. The SMILES string of the molecule is C=C/C1=C\CC/C=C/C(=N\OCC(=O)N2CCCCC2)Cc2cc(C)cc(C)c2C(=O)OCC1. The lowest BCUT2D eigenvalue weighted by Gasteiger charge is -2.26. The molecule has 1 amide bonds. The van der Waals surface area contributed by atoms with E-state index in [2.05, 4.69) is 23.9 Å². The third kappa shape index (κ3) is 7.44. The van der Waals surface area contributed by atoms with Crippen molar-refractivity contribution in [2.24, 2.45) is 5.16 Å². The number of hydrogen-bond acceptors (Lipinski definition) is 5. The summed E-state index contributed by atoms with van der Waals surface area (Å²) in [5.41, 5.74) is 5.07. The number of piperidine rings is 1. The summed E-state index contributed by atoms with van der Waals surface area (Å²) in [5.74, 6) is -0.371. The summed E-state index contributed by atoms with van der Waals surface area (Å²) in [7, 11) is 0. The van der Waals surface area contributed by atoms with Crippen LogP contribution in [0.25, 0.3) is 0 Å². The molecule has 1 fully saturated rings. The number of ether oxygens (including phenoxy) is 1. The van der Waals surface area contributed by atoms with Gasteiger partial charge in [0, 0.05) is 25.9 Å². The van der Waals surface area contributed by atoms with E-state index in [0.717, 1.165) is 61.0 Å². The van der Waals surface area contributed by atoms with Gasteiger partial charge in [0.15, 0.2) is 6.61 Å². The van der Waals surface area contributed by atoms with Crippen LogP contribution >= 0.6 is 0 Å². The van der Waals surface area contributed by atoms with Gasteiger partial charge in [0.25, 0.3) is 5.91 Å². The Kier molecular flexibility index (Phi) is 9.68. The van der Waals surface area contributed by atoms with E-state index in [4.69, 9.17) is 9.57 Å². The minimum Gasteiger partial charge on any atom is -0.462 e. The first kappa shape index (κ1) is 25.5. The zero-order valence-electron chi connectivity index (χ0n) is 20.5. The van der Waals surface area contributed by atoms with Crippen LogP contribution in [-0.4, -0.2) is 48.8 Å². The molecule has 34 heavy (non-hydrogen) atoms. The van der Waals surface area contributed by atoms with Crippen molar-refractivity contribution < 1.29 is 19.2 Å². The number of oxime groups is 1. The van der Waals surface area contributed by atoms with Gasteiger partial charge in [-0.15, -0.1) is 0 Å². The Balaban J connectivity index is 1.84. The van der Waals surface area contributed by atoms with Crippen LogP contribution < -0.4 is 0 Å². The summed E-state index contributed by atoms with van der Waals surface area (Å²) in [6, 6.07) is 3.98. The minimum atomic E-state index is -0.336. The number of allylic oxidation sites excluding steroid dienone is 4. The van der Waals surface area contributed by atoms with E-state index < -0.39 is 0 Å². The van der Waals surface area contributed by atoms with Crippen molar-refractivity contribution in [3.05, 3.63) is 70.8 Å². The maximum atomic E-state index is 13.0. The predicted molar refractivity (Wildman–Crippen MR) is 135 cm³/mol. The molecule has 1 saturated heterocycles. The number of aryl methyl sites for hydroxylation is 2. The molecule has 0 unspecified atom stereocenters. The zero-order chi connectivity index (χ0) is 24.3. The molecule has 2 heterocycles. The van der Waals surface area contributed by atoms with E-state index in [-0.39, 0.29) is 18.5 Å². The van der Waals surface area contributed by atoms with Crippen molar-refractivity contribution in [1.82, 2.24) is 4.90 Å². The van der Waals surface area contributed by atoms with Crippen LogP contribution in [0.2, 0.25) is 0 Å². The van der Waals surface area contributed by atoms with Crippen molar-refractivity contribution in [2.45, 2.75) is 58.8 Å². The van der Waals surface area contributed by atoms with Crippen molar-refractivity contribution in [1.29, 1.82) is 0 Å². The molecule has 2 aliphatic rings. The molecule has 3 rings (SSSR count). The van der Waals surface area contributed by atoms with Crippen LogP contribution in [0.3, 0.4) is 0 Å². The van der Waals surface area contributed by atoms with Crippen LogP contribution in [-0.2, 0) is 20.8 Å². The number of cyclic esters (lactones) is 1. The van der Waals surface area contributed by atoms with Crippen molar-refractivity contribution in [3.8, 4) is 0 Å². The smallest absolute Gasteiger partial charge is 0.338 e. The van der Waals surface area contributed by atoms with Gasteiger partial charge in [0.05, 0.1) is 17.9 Å². The van der Waals surface area contributed by atoms with Gasteiger partial charge in [0.2, 0.25) is 0 Å². The van der Waals surface area contributed by atoms with Crippen LogP contribution in [0.1, 0.15) is 65.6 Å². The van der Waals surface area contributed by atoms with E-state index in [0.29, 0.717) is 30.7 Å². The number of hydrogen-bond donors (Lipinski definition) is 0. The fourth-order valence-electron chi connectivity index (χ4n) is 4.41. The standard InChI is InChI=1S/C28H36N2O4/c1-4-23-11-7-5-8-12-25(29-34-20-26(31)30-14-9-6-10-15-30)19-24-18-21(2)17-22(3)27(24)28(32)33-16-13-23/h4,8,11-12,17-18H,1,5-7,9-10,13-16,19-20H2,2-3H3/b12-8+,23-11+,29-25+. The monoisotopic (exact) mass is 464 g/mol. The Morgan fingerprint density at radius 1 is 1.21 bits per heavy atom. The summed E-state index contributed by atoms with van der Waals surface area (Å²) < 4.78 is 5.61. The molecule has 0 radical (unpaired) electrons. The number of rotatable bonds is 4. The van der Waals surface area contributed by atoms with Crippen LogP contribution in [0, 0.1) is 13.8 Å². The molecular formula is C28H36N2O4. The first-order chi connectivity index (χ1) is 16.5. The molecule has 0 aliphatic carbocycles. The fourth-order valence-corrected chi connectivity index (χ4v) is 4.41. The largest absolute Gasteiger partial charge is 0.462 e. The molecule has 1 aromatic carbocycles. The highest BCUT2D eigenvalue weighted by Gasteiger charge is 2.19. The molecule has 0 N–H and O–H groups in total. The molecule has 0 aromatic heterocycles. The summed E-state index contributed by atoms with van der Waals surface area (Å²) in [4.78, 5) is 32.8. The number of amides is 1. The second-order valence-corrected chi connectivity index (χ2v) is 8.94. The summed E-state index contributed by atoms with van der Waals surface area (Å²) in [6.07, 6.45) is 13.9. The van der Waals surface area contributed by atoms with E-state index in [9.17, 15) is 9.59 Å². The Bertz CT molecular complexity index is 984. The topological polar surface area (TPSA) is 68.2 Å². The summed E-state index contributed by atoms with van der Waals surface area (Å²) in [5, 5.41) is 4.30. The number of fused-ring (bicyclic) bond motifs is 1. The van der Waals surface area contributed by atoms with Crippen molar-refractivity contribution >= 4 is 17.6 Å². The lowest BCUT2D eigenvalue weighted by molar-refractivity contribution is -0.137. The summed E-state index contributed by atoms with van der Waals surface area (Å²) >= 11 is 0. The highest BCUT2D eigenvalue weighted by atomic mass is 16.6. The molecule has 2 aliphatic heterocycles. The Morgan fingerprint density at radius 3 is 2.76 bits per heavy atom. The fraction of sp³-hybridized carbons (Fsp3) is 0.464. The maximum Gasteiger partial charge on any atom is 0.338 e. The Morgan fingerprint density at radius 2 is 2.00 bits per heavy atom. The van der Waals surface area contributed by atoms with Gasteiger partial charge in [-0.2, -0.15) is 0 Å². The van der Waals surface area contributed by atoms with Gasteiger partial charge in [0.1, 0.15) is 0 Å². The molecule has 6 heteroatoms. The zero-order valence-corrected chi connectivity index (χ0v) is 20.5. The molecular weight excluding hydrogens is 428 g/mol. The number of benzene rings is 1. The number of nitrogens with zero attached hydrogens (tertiary/aromatic N) is 2. The van der Waals surface area contributed by atoms with Crippen LogP contribution in [0.4, 0.5) is 0 Å². The quantitative estimate of drug-likeness (QED) is 0.451. The third-order valence-corrected chi connectivity index (χ3v) is 6.15. The number of esters is 1. The average molecular weight is 465 g/mol. The van der Waals surface area contributed by atoms with Gasteiger partial charge in [-0.05, 0) is 68.7 Å².